The molecule has 27 heavy (non-hydrogen) atoms. The Morgan fingerprint density at radius 1 is 1.22 bits per heavy atom. The zero-order chi connectivity index (χ0) is 19.6. The second-order valence-electron chi connectivity index (χ2n) is 5.83. The monoisotopic (exact) mass is 436 g/mol. The number of hydrogen-bond acceptors (Lipinski definition) is 5. The summed E-state index contributed by atoms with van der Waals surface area (Å²) in [4.78, 5) is 20.5. The molecule has 0 unspecified atom stereocenters. The van der Waals surface area contributed by atoms with Gasteiger partial charge in [-0.15, -0.1) is 0 Å². The number of nitrogens with zero attached hydrogens (tertiary/aromatic N) is 3. The Balaban J connectivity index is 1.83. The van der Waals surface area contributed by atoms with Gasteiger partial charge in [-0.2, -0.15) is 0 Å². The fourth-order valence-corrected chi connectivity index (χ4v) is 2.88. The number of hydrogen-bond donors (Lipinski definition) is 1. The molecular formula is C18H15BrF2N4O2. The third-order valence-corrected chi connectivity index (χ3v) is 4.61. The molecule has 0 atom stereocenters. The van der Waals surface area contributed by atoms with Gasteiger partial charge in [0.15, 0.2) is 0 Å². The Kier molecular flexibility index (Phi) is 5.50. The van der Waals surface area contributed by atoms with Crippen LogP contribution in [-0.2, 0) is 13.2 Å². The Labute approximate surface area is 161 Å². The molecule has 0 fully saturated rings. The van der Waals surface area contributed by atoms with E-state index in [1.54, 1.807) is 25.4 Å². The van der Waals surface area contributed by atoms with Crippen LogP contribution >= 0.6 is 15.9 Å². The van der Waals surface area contributed by atoms with Crippen molar-refractivity contribution in [2.45, 2.75) is 20.1 Å². The van der Waals surface area contributed by atoms with Gasteiger partial charge in [0.1, 0.15) is 28.5 Å². The van der Waals surface area contributed by atoms with E-state index in [1.807, 2.05) is 0 Å². The fourth-order valence-electron chi connectivity index (χ4n) is 2.44. The first-order chi connectivity index (χ1) is 12.8. The molecule has 6 nitrogen and oxygen atoms in total. The lowest BCUT2D eigenvalue weighted by molar-refractivity contribution is 0.295. The maximum absolute atomic E-state index is 13.7. The summed E-state index contributed by atoms with van der Waals surface area (Å²) >= 11 is 3.23. The van der Waals surface area contributed by atoms with E-state index in [-0.39, 0.29) is 40.4 Å². The van der Waals surface area contributed by atoms with E-state index in [0.29, 0.717) is 11.3 Å². The van der Waals surface area contributed by atoms with E-state index >= 15 is 0 Å². The van der Waals surface area contributed by atoms with Gasteiger partial charge in [0, 0.05) is 41.3 Å². The fraction of sp³-hybridized carbons (Fsp3) is 0.167. The van der Waals surface area contributed by atoms with Gasteiger partial charge >= 0.3 is 0 Å². The van der Waals surface area contributed by atoms with Crippen LogP contribution in [0, 0.1) is 18.6 Å². The second kappa shape index (κ2) is 7.83. The summed E-state index contributed by atoms with van der Waals surface area (Å²) in [6, 6.07) is 4.89. The number of rotatable bonds is 5. The van der Waals surface area contributed by atoms with Gasteiger partial charge in [0.2, 0.25) is 5.95 Å². The molecule has 0 saturated heterocycles. The number of halogens is 3. The SMILES string of the molecule is Cc1cc(OCc2ccc(F)cc2F)c(Br)c(=O)n1Cc1cnc(N)nc1. The number of ether oxygens (including phenoxy) is 1. The standard InChI is InChI=1S/C18H15BrF2N4O2/c1-10-4-15(27-9-12-2-3-13(20)5-14(12)21)16(19)17(26)25(10)8-11-6-23-18(22)24-7-11/h2-7H,8-9H2,1H3,(H2,22,23,24). The lowest BCUT2D eigenvalue weighted by atomic mass is 10.2. The number of aryl methyl sites for hydroxylation is 1. The molecule has 3 rings (SSSR count). The largest absolute Gasteiger partial charge is 0.487 e. The minimum absolute atomic E-state index is 0.139. The van der Waals surface area contributed by atoms with Crippen molar-refractivity contribution in [2.24, 2.45) is 0 Å². The predicted octanol–water partition coefficient (Wildman–Crippen LogP) is 3.20. The van der Waals surface area contributed by atoms with Gasteiger partial charge in [-0.05, 0) is 35.0 Å². The number of benzene rings is 1. The highest BCUT2D eigenvalue weighted by molar-refractivity contribution is 9.10. The Bertz CT molecular complexity index is 1040. The topological polar surface area (TPSA) is 83.0 Å². The summed E-state index contributed by atoms with van der Waals surface area (Å²) < 4.78 is 34.0. The van der Waals surface area contributed by atoms with E-state index in [0.717, 1.165) is 12.1 Å². The number of nitrogen functional groups attached to an aromatic ring is 1. The smallest absolute Gasteiger partial charge is 0.269 e. The first-order valence-corrected chi connectivity index (χ1v) is 8.67. The average molecular weight is 437 g/mol. The second-order valence-corrected chi connectivity index (χ2v) is 6.62. The molecule has 9 heteroatoms. The summed E-state index contributed by atoms with van der Waals surface area (Å²) in [7, 11) is 0. The van der Waals surface area contributed by atoms with Crippen molar-refractivity contribution in [2.75, 3.05) is 5.73 Å². The van der Waals surface area contributed by atoms with E-state index in [9.17, 15) is 13.6 Å². The van der Waals surface area contributed by atoms with Crippen molar-refractivity contribution in [1.82, 2.24) is 14.5 Å². The molecule has 2 aromatic heterocycles. The molecule has 0 radical (unpaired) electrons. The highest BCUT2D eigenvalue weighted by Gasteiger charge is 2.14. The lowest BCUT2D eigenvalue weighted by Crippen LogP contribution is -2.24. The van der Waals surface area contributed by atoms with Crippen LogP contribution in [0.15, 0.2) is 45.9 Å². The highest BCUT2D eigenvalue weighted by Crippen LogP contribution is 2.24. The molecule has 0 aliphatic rings. The molecule has 2 N–H and O–H groups in total. The lowest BCUT2D eigenvalue weighted by Gasteiger charge is -2.14. The molecule has 0 aliphatic carbocycles. The Hall–Kier alpha value is -2.81. The van der Waals surface area contributed by atoms with Crippen molar-refractivity contribution in [1.29, 1.82) is 0 Å². The van der Waals surface area contributed by atoms with Crippen molar-refractivity contribution >= 4 is 21.9 Å². The normalized spacial score (nSPS) is 10.8. The third-order valence-electron chi connectivity index (χ3n) is 3.88. The van der Waals surface area contributed by atoms with E-state index in [2.05, 4.69) is 25.9 Å². The van der Waals surface area contributed by atoms with Crippen molar-refractivity contribution in [3.05, 3.63) is 79.9 Å². The van der Waals surface area contributed by atoms with Crippen molar-refractivity contribution in [3.63, 3.8) is 0 Å². The number of anilines is 1. The highest BCUT2D eigenvalue weighted by atomic mass is 79.9. The number of nitrogens with two attached hydrogens (primary N) is 1. The maximum Gasteiger partial charge on any atom is 0.269 e. The molecular weight excluding hydrogens is 422 g/mol. The molecule has 140 valence electrons. The third kappa shape index (κ3) is 4.30. The minimum Gasteiger partial charge on any atom is -0.487 e. The zero-order valence-electron chi connectivity index (χ0n) is 14.2. The molecule has 0 bridgehead atoms. The van der Waals surface area contributed by atoms with E-state index < -0.39 is 11.6 Å². The van der Waals surface area contributed by atoms with Gasteiger partial charge in [-0.1, -0.05) is 0 Å². The summed E-state index contributed by atoms with van der Waals surface area (Å²) in [5.41, 5.74) is 6.67. The first-order valence-electron chi connectivity index (χ1n) is 7.88. The van der Waals surface area contributed by atoms with E-state index in [4.69, 9.17) is 10.5 Å². The van der Waals surface area contributed by atoms with Crippen LogP contribution in [0.3, 0.4) is 0 Å². The Morgan fingerprint density at radius 3 is 2.59 bits per heavy atom. The summed E-state index contributed by atoms with van der Waals surface area (Å²) in [6.45, 7) is 1.87. The van der Waals surface area contributed by atoms with Crippen molar-refractivity contribution < 1.29 is 13.5 Å². The van der Waals surface area contributed by atoms with Crippen LogP contribution in [0.5, 0.6) is 5.75 Å². The molecule has 0 spiro atoms. The molecule has 0 aliphatic heterocycles. The van der Waals surface area contributed by atoms with Gasteiger partial charge in [-0.25, -0.2) is 18.7 Å². The van der Waals surface area contributed by atoms with Crippen LogP contribution in [-0.4, -0.2) is 14.5 Å². The first kappa shape index (κ1) is 19.0. The van der Waals surface area contributed by atoms with Gasteiger partial charge in [-0.3, -0.25) is 4.79 Å². The molecule has 1 aromatic carbocycles. The van der Waals surface area contributed by atoms with Crippen LogP contribution in [0.2, 0.25) is 0 Å². The maximum atomic E-state index is 13.7. The molecule has 0 saturated carbocycles. The molecule has 2 heterocycles. The van der Waals surface area contributed by atoms with Crippen LogP contribution in [0.4, 0.5) is 14.7 Å². The Morgan fingerprint density at radius 2 is 1.93 bits per heavy atom. The van der Waals surface area contributed by atoms with Gasteiger partial charge in [0.05, 0.1) is 6.54 Å². The summed E-state index contributed by atoms with van der Waals surface area (Å²) in [5.74, 6) is -0.950. The minimum atomic E-state index is -0.709. The number of pyridine rings is 1. The summed E-state index contributed by atoms with van der Waals surface area (Å²) in [6.07, 6.45) is 3.09. The zero-order valence-corrected chi connectivity index (χ0v) is 15.8. The van der Waals surface area contributed by atoms with Crippen molar-refractivity contribution in [3.8, 4) is 5.75 Å². The van der Waals surface area contributed by atoms with Gasteiger partial charge < -0.3 is 15.0 Å². The molecule has 0 amide bonds. The number of aromatic nitrogens is 3. The quantitative estimate of drug-likeness (QED) is 0.663. The van der Waals surface area contributed by atoms with Crippen LogP contribution in [0.25, 0.3) is 0 Å². The predicted molar refractivity (Wildman–Crippen MR) is 99.4 cm³/mol. The van der Waals surface area contributed by atoms with Crippen LogP contribution in [0.1, 0.15) is 16.8 Å². The summed E-state index contributed by atoms with van der Waals surface area (Å²) in [5, 5.41) is 0. The molecule has 3 aromatic rings. The van der Waals surface area contributed by atoms with Crippen LogP contribution < -0.4 is 16.0 Å². The van der Waals surface area contributed by atoms with Gasteiger partial charge in [0.25, 0.3) is 5.56 Å². The van der Waals surface area contributed by atoms with E-state index in [1.165, 1.54) is 10.6 Å². The average Bonchev–Trinajstić information content (AvgIpc) is 2.63.